The van der Waals surface area contributed by atoms with Gasteiger partial charge in [-0.05, 0) is 30.7 Å². The van der Waals surface area contributed by atoms with Crippen LogP contribution in [0.15, 0.2) is 33.2 Å². The second kappa shape index (κ2) is 5.40. The molecule has 5 nitrogen and oxygen atoms in total. The molecular formula is C13H15BrN4O. The van der Waals surface area contributed by atoms with Gasteiger partial charge in [0.05, 0.1) is 6.54 Å². The summed E-state index contributed by atoms with van der Waals surface area (Å²) in [6.45, 7) is 2.57. The molecular weight excluding hydrogens is 308 g/mol. The molecule has 1 aromatic heterocycles. The number of benzene rings is 1. The van der Waals surface area contributed by atoms with Gasteiger partial charge in [0.25, 0.3) is 0 Å². The molecule has 6 heteroatoms. The highest BCUT2D eigenvalue weighted by atomic mass is 79.9. The third kappa shape index (κ3) is 3.02. The Morgan fingerprint density at radius 2 is 2.11 bits per heavy atom. The Labute approximate surface area is 119 Å². The molecule has 2 aromatic rings. The first-order valence-corrected chi connectivity index (χ1v) is 7.06. The fraction of sp³-hybridized carbons (Fsp3) is 0.385. The molecule has 0 aliphatic carbocycles. The number of likely N-dealkylation sites (tertiary alicyclic amines) is 1. The lowest BCUT2D eigenvalue weighted by Crippen LogP contribution is -2.26. The molecule has 1 aromatic carbocycles. The van der Waals surface area contributed by atoms with E-state index >= 15 is 0 Å². The van der Waals surface area contributed by atoms with Gasteiger partial charge in [0.2, 0.25) is 11.8 Å². The standard InChI is InChI=1S/C13H15BrN4O/c14-10-3-1-9(2-4-10)13-17-16-12(19-13)8-18-6-5-11(15)7-18/h1-4,11H,5-8,15H2. The SMILES string of the molecule is NC1CCN(Cc2nnc(-c3ccc(Br)cc3)o2)C1. The minimum atomic E-state index is 0.272. The molecule has 2 N–H and O–H groups in total. The Bertz CT molecular complexity index is 554. The van der Waals surface area contributed by atoms with E-state index < -0.39 is 0 Å². The zero-order valence-corrected chi connectivity index (χ0v) is 12.0. The molecule has 0 amide bonds. The van der Waals surface area contributed by atoms with Crippen molar-refractivity contribution < 1.29 is 4.42 Å². The number of nitrogens with two attached hydrogens (primary N) is 1. The lowest BCUT2D eigenvalue weighted by molar-refractivity contribution is 0.289. The van der Waals surface area contributed by atoms with Gasteiger partial charge in [-0.25, -0.2) is 0 Å². The Balaban J connectivity index is 1.71. The first-order valence-electron chi connectivity index (χ1n) is 6.27. The van der Waals surface area contributed by atoms with Crippen molar-refractivity contribution in [3.05, 3.63) is 34.6 Å². The van der Waals surface area contributed by atoms with E-state index in [9.17, 15) is 0 Å². The normalized spacial score (nSPS) is 20.0. The summed E-state index contributed by atoms with van der Waals surface area (Å²) in [4.78, 5) is 2.24. The van der Waals surface area contributed by atoms with E-state index in [1.165, 1.54) is 0 Å². The fourth-order valence-electron chi connectivity index (χ4n) is 2.22. The van der Waals surface area contributed by atoms with Gasteiger partial charge in [-0.15, -0.1) is 10.2 Å². The topological polar surface area (TPSA) is 68.2 Å². The van der Waals surface area contributed by atoms with Crippen molar-refractivity contribution in [3.63, 3.8) is 0 Å². The maximum Gasteiger partial charge on any atom is 0.247 e. The van der Waals surface area contributed by atoms with Crippen molar-refractivity contribution >= 4 is 15.9 Å². The Morgan fingerprint density at radius 1 is 1.32 bits per heavy atom. The fourth-order valence-corrected chi connectivity index (χ4v) is 2.49. The van der Waals surface area contributed by atoms with E-state index in [2.05, 4.69) is 31.0 Å². The van der Waals surface area contributed by atoms with Crippen LogP contribution in [0.3, 0.4) is 0 Å². The summed E-state index contributed by atoms with van der Waals surface area (Å²) in [5, 5.41) is 8.18. The number of halogens is 1. The second-order valence-electron chi connectivity index (χ2n) is 4.79. The monoisotopic (exact) mass is 322 g/mol. The summed E-state index contributed by atoms with van der Waals surface area (Å²) in [6.07, 6.45) is 1.04. The zero-order chi connectivity index (χ0) is 13.2. The van der Waals surface area contributed by atoms with Crippen molar-refractivity contribution in [3.8, 4) is 11.5 Å². The van der Waals surface area contributed by atoms with E-state index in [1.807, 2.05) is 24.3 Å². The van der Waals surface area contributed by atoms with Crippen LogP contribution in [-0.4, -0.2) is 34.2 Å². The quantitative estimate of drug-likeness (QED) is 0.936. The highest BCUT2D eigenvalue weighted by Crippen LogP contribution is 2.21. The molecule has 3 rings (SSSR count). The van der Waals surface area contributed by atoms with Crippen molar-refractivity contribution in [1.29, 1.82) is 0 Å². The van der Waals surface area contributed by atoms with Crippen LogP contribution in [0, 0.1) is 0 Å². The number of hydrogen-bond donors (Lipinski definition) is 1. The lowest BCUT2D eigenvalue weighted by Gasteiger charge is -2.11. The van der Waals surface area contributed by atoms with E-state index in [1.54, 1.807) is 0 Å². The van der Waals surface area contributed by atoms with E-state index in [4.69, 9.17) is 10.2 Å². The van der Waals surface area contributed by atoms with Gasteiger partial charge in [0.15, 0.2) is 0 Å². The number of rotatable bonds is 3. The van der Waals surface area contributed by atoms with Crippen LogP contribution < -0.4 is 5.73 Å². The predicted molar refractivity (Wildman–Crippen MR) is 75.3 cm³/mol. The van der Waals surface area contributed by atoms with E-state index in [0.717, 1.165) is 29.5 Å². The number of aromatic nitrogens is 2. The van der Waals surface area contributed by atoms with Crippen LogP contribution in [0.2, 0.25) is 0 Å². The Morgan fingerprint density at radius 3 is 2.79 bits per heavy atom. The van der Waals surface area contributed by atoms with Crippen molar-refractivity contribution in [2.45, 2.75) is 19.0 Å². The largest absolute Gasteiger partial charge is 0.419 e. The summed E-state index contributed by atoms with van der Waals surface area (Å²) in [5.41, 5.74) is 6.81. The van der Waals surface area contributed by atoms with E-state index in [-0.39, 0.29) is 6.04 Å². The molecule has 1 atom stereocenters. The molecule has 19 heavy (non-hydrogen) atoms. The maximum atomic E-state index is 5.88. The first kappa shape index (κ1) is 12.8. The highest BCUT2D eigenvalue weighted by molar-refractivity contribution is 9.10. The predicted octanol–water partition coefficient (Wildman–Crippen LogP) is 2.03. The lowest BCUT2D eigenvalue weighted by atomic mass is 10.2. The number of hydrogen-bond acceptors (Lipinski definition) is 5. The van der Waals surface area contributed by atoms with Crippen LogP contribution in [0.5, 0.6) is 0 Å². The molecule has 0 bridgehead atoms. The molecule has 0 spiro atoms. The molecule has 100 valence electrons. The second-order valence-corrected chi connectivity index (χ2v) is 5.71. The van der Waals surface area contributed by atoms with Gasteiger partial charge < -0.3 is 10.2 Å². The molecule has 1 aliphatic rings. The van der Waals surface area contributed by atoms with Crippen molar-refractivity contribution in [1.82, 2.24) is 15.1 Å². The van der Waals surface area contributed by atoms with Crippen LogP contribution in [0.4, 0.5) is 0 Å². The van der Waals surface area contributed by atoms with Gasteiger partial charge >= 0.3 is 0 Å². The maximum absolute atomic E-state index is 5.88. The third-order valence-electron chi connectivity index (χ3n) is 3.23. The van der Waals surface area contributed by atoms with Gasteiger partial charge in [0.1, 0.15) is 0 Å². The summed E-state index contributed by atoms with van der Waals surface area (Å²) >= 11 is 3.40. The summed E-state index contributed by atoms with van der Waals surface area (Å²) in [5.74, 6) is 1.21. The minimum absolute atomic E-state index is 0.272. The molecule has 1 aliphatic heterocycles. The molecule has 0 radical (unpaired) electrons. The highest BCUT2D eigenvalue weighted by Gasteiger charge is 2.21. The van der Waals surface area contributed by atoms with Crippen molar-refractivity contribution in [2.75, 3.05) is 13.1 Å². The molecule has 1 unspecified atom stereocenters. The first-order chi connectivity index (χ1) is 9.20. The Hall–Kier alpha value is -1.24. The molecule has 2 heterocycles. The van der Waals surface area contributed by atoms with E-state index in [0.29, 0.717) is 18.3 Å². The summed E-state index contributed by atoms with van der Waals surface area (Å²) < 4.78 is 6.72. The third-order valence-corrected chi connectivity index (χ3v) is 3.75. The average molecular weight is 323 g/mol. The zero-order valence-electron chi connectivity index (χ0n) is 10.4. The number of nitrogens with zero attached hydrogens (tertiary/aromatic N) is 3. The Kier molecular flexibility index (Phi) is 3.63. The van der Waals surface area contributed by atoms with Crippen LogP contribution in [0.1, 0.15) is 12.3 Å². The van der Waals surface area contributed by atoms with Gasteiger partial charge in [-0.3, -0.25) is 4.90 Å². The molecule has 0 saturated carbocycles. The average Bonchev–Trinajstić information content (AvgIpc) is 3.00. The summed E-state index contributed by atoms with van der Waals surface area (Å²) in [7, 11) is 0. The minimum Gasteiger partial charge on any atom is -0.419 e. The molecule has 1 fully saturated rings. The van der Waals surface area contributed by atoms with Gasteiger partial charge in [0, 0.05) is 29.2 Å². The smallest absolute Gasteiger partial charge is 0.247 e. The summed E-state index contributed by atoms with van der Waals surface area (Å²) in [6, 6.07) is 8.09. The van der Waals surface area contributed by atoms with Gasteiger partial charge in [-0.2, -0.15) is 0 Å². The van der Waals surface area contributed by atoms with Crippen molar-refractivity contribution in [2.24, 2.45) is 5.73 Å². The van der Waals surface area contributed by atoms with Crippen LogP contribution in [-0.2, 0) is 6.54 Å². The van der Waals surface area contributed by atoms with Gasteiger partial charge in [-0.1, -0.05) is 15.9 Å². The molecule has 1 saturated heterocycles. The van der Waals surface area contributed by atoms with Crippen LogP contribution in [0.25, 0.3) is 11.5 Å². The van der Waals surface area contributed by atoms with Crippen LogP contribution >= 0.6 is 15.9 Å².